The van der Waals surface area contributed by atoms with Gasteiger partial charge in [-0.1, -0.05) is 6.07 Å². The molecule has 5 rings (SSSR count). The zero-order valence-electron chi connectivity index (χ0n) is 16.6. The van der Waals surface area contributed by atoms with E-state index in [1.165, 1.54) is 18.5 Å². The summed E-state index contributed by atoms with van der Waals surface area (Å²) < 4.78 is 0. The summed E-state index contributed by atoms with van der Waals surface area (Å²) in [5, 5.41) is 13.6. The van der Waals surface area contributed by atoms with Crippen LogP contribution in [0.5, 0.6) is 0 Å². The number of benzene rings is 1. The summed E-state index contributed by atoms with van der Waals surface area (Å²) in [4.78, 5) is 41.1. The molecule has 0 unspecified atom stereocenters. The molecule has 0 atom stereocenters. The Labute approximate surface area is 181 Å². The molecule has 0 aliphatic carbocycles. The van der Waals surface area contributed by atoms with Gasteiger partial charge in [0, 0.05) is 35.6 Å². The first-order chi connectivity index (χ1) is 15.6. The molecule has 154 valence electrons. The van der Waals surface area contributed by atoms with Crippen LogP contribution in [0.2, 0.25) is 0 Å². The van der Waals surface area contributed by atoms with E-state index in [4.69, 9.17) is 5.11 Å². The molecule has 1 aromatic carbocycles. The molecule has 0 aliphatic heterocycles. The third-order valence-electron chi connectivity index (χ3n) is 5.01. The van der Waals surface area contributed by atoms with Crippen LogP contribution in [-0.2, 0) is 0 Å². The second-order valence-electron chi connectivity index (χ2n) is 7.02. The van der Waals surface area contributed by atoms with E-state index in [0.29, 0.717) is 28.2 Å². The average Bonchev–Trinajstić information content (AvgIpc) is 2.84. The molecule has 8 nitrogen and oxygen atoms in total. The van der Waals surface area contributed by atoms with E-state index in [0.717, 1.165) is 16.3 Å². The van der Waals surface area contributed by atoms with Crippen LogP contribution in [0.4, 0.5) is 5.69 Å². The van der Waals surface area contributed by atoms with Crippen LogP contribution in [0.25, 0.3) is 33.2 Å². The number of carbonyl (C=O) groups is 2. The second kappa shape index (κ2) is 7.84. The summed E-state index contributed by atoms with van der Waals surface area (Å²) in [6.45, 7) is 0. The summed E-state index contributed by atoms with van der Waals surface area (Å²) in [6.07, 6.45) is 6.14. The number of nitrogens with zero attached hydrogens (tertiary/aromatic N) is 4. The Hall–Kier alpha value is -4.72. The molecular weight excluding hydrogens is 406 g/mol. The maximum Gasteiger partial charge on any atom is 0.337 e. The minimum atomic E-state index is -1.05. The Morgan fingerprint density at radius 3 is 2.06 bits per heavy atom. The van der Waals surface area contributed by atoms with Crippen LogP contribution in [0.15, 0.2) is 79.4 Å². The van der Waals surface area contributed by atoms with Gasteiger partial charge in [-0.3, -0.25) is 24.7 Å². The van der Waals surface area contributed by atoms with Gasteiger partial charge in [-0.2, -0.15) is 0 Å². The van der Waals surface area contributed by atoms with E-state index in [-0.39, 0.29) is 11.5 Å². The minimum Gasteiger partial charge on any atom is -0.478 e. The Kier molecular flexibility index (Phi) is 4.72. The lowest BCUT2D eigenvalue weighted by molar-refractivity contribution is 0.0696. The fourth-order valence-electron chi connectivity index (χ4n) is 3.43. The topological polar surface area (TPSA) is 118 Å². The van der Waals surface area contributed by atoms with Crippen molar-refractivity contribution in [3.8, 4) is 11.4 Å². The Morgan fingerprint density at radius 1 is 0.750 bits per heavy atom. The van der Waals surface area contributed by atoms with Gasteiger partial charge in [-0.05, 0) is 48.5 Å². The molecule has 0 aliphatic rings. The number of pyridine rings is 4. The van der Waals surface area contributed by atoms with Crippen molar-refractivity contribution in [2.24, 2.45) is 0 Å². The van der Waals surface area contributed by atoms with Crippen molar-refractivity contribution < 1.29 is 14.7 Å². The number of hydrogen-bond acceptors (Lipinski definition) is 6. The second-order valence-corrected chi connectivity index (χ2v) is 7.02. The van der Waals surface area contributed by atoms with Crippen molar-refractivity contribution in [2.45, 2.75) is 0 Å². The van der Waals surface area contributed by atoms with E-state index in [2.05, 4.69) is 25.3 Å². The summed E-state index contributed by atoms with van der Waals surface area (Å²) in [5.74, 6) is -1.36. The van der Waals surface area contributed by atoms with Gasteiger partial charge in [-0.15, -0.1) is 0 Å². The monoisotopic (exact) mass is 421 g/mol. The molecule has 0 radical (unpaired) electrons. The van der Waals surface area contributed by atoms with Crippen molar-refractivity contribution in [1.29, 1.82) is 0 Å². The predicted octanol–water partition coefficient (Wildman–Crippen LogP) is 4.19. The van der Waals surface area contributed by atoms with Crippen molar-refractivity contribution in [2.75, 3.05) is 5.32 Å². The SMILES string of the molecule is O=C(O)c1ccc(-c2ccc(C(=O)Nc3cc4cccnc4c4ncccc34)cn2)nc1. The zero-order chi connectivity index (χ0) is 22.1. The number of nitrogens with one attached hydrogen (secondary N) is 1. The van der Waals surface area contributed by atoms with E-state index >= 15 is 0 Å². The molecule has 1 amide bonds. The highest BCUT2D eigenvalue weighted by atomic mass is 16.4. The molecule has 0 bridgehead atoms. The van der Waals surface area contributed by atoms with Gasteiger partial charge < -0.3 is 10.4 Å². The van der Waals surface area contributed by atoms with Crippen LogP contribution >= 0.6 is 0 Å². The van der Waals surface area contributed by atoms with Crippen LogP contribution in [0.3, 0.4) is 0 Å². The van der Waals surface area contributed by atoms with Crippen molar-refractivity contribution in [3.63, 3.8) is 0 Å². The van der Waals surface area contributed by atoms with Gasteiger partial charge in [0.2, 0.25) is 0 Å². The molecule has 4 heterocycles. The summed E-state index contributed by atoms with van der Waals surface area (Å²) in [6, 6.07) is 15.7. The Balaban J connectivity index is 1.44. The predicted molar refractivity (Wildman–Crippen MR) is 119 cm³/mol. The van der Waals surface area contributed by atoms with E-state index < -0.39 is 5.97 Å². The number of hydrogen-bond donors (Lipinski definition) is 2. The first kappa shape index (κ1) is 19.3. The highest BCUT2D eigenvalue weighted by Crippen LogP contribution is 2.29. The first-order valence-corrected chi connectivity index (χ1v) is 9.70. The fraction of sp³-hybridized carbons (Fsp3) is 0. The molecule has 32 heavy (non-hydrogen) atoms. The van der Waals surface area contributed by atoms with E-state index in [9.17, 15) is 9.59 Å². The van der Waals surface area contributed by atoms with E-state index in [1.54, 1.807) is 30.6 Å². The van der Waals surface area contributed by atoms with Gasteiger partial charge in [0.25, 0.3) is 5.91 Å². The van der Waals surface area contributed by atoms with Crippen molar-refractivity contribution in [3.05, 3.63) is 90.5 Å². The molecule has 8 heteroatoms. The largest absolute Gasteiger partial charge is 0.478 e. The highest BCUT2D eigenvalue weighted by Gasteiger charge is 2.13. The number of carboxylic acid groups (broad SMARTS) is 1. The number of rotatable bonds is 4. The van der Waals surface area contributed by atoms with Crippen molar-refractivity contribution >= 4 is 39.4 Å². The van der Waals surface area contributed by atoms with Crippen LogP contribution in [0.1, 0.15) is 20.7 Å². The number of anilines is 1. The van der Waals surface area contributed by atoms with Crippen LogP contribution < -0.4 is 5.32 Å². The summed E-state index contributed by atoms with van der Waals surface area (Å²) >= 11 is 0. The number of aromatic carboxylic acids is 1. The van der Waals surface area contributed by atoms with Crippen LogP contribution in [-0.4, -0.2) is 36.9 Å². The van der Waals surface area contributed by atoms with Gasteiger partial charge in [-0.25, -0.2) is 4.79 Å². The molecule has 2 N–H and O–H groups in total. The number of amides is 1. The van der Waals surface area contributed by atoms with Gasteiger partial charge >= 0.3 is 5.97 Å². The first-order valence-electron chi connectivity index (χ1n) is 9.70. The maximum atomic E-state index is 12.9. The lowest BCUT2D eigenvalue weighted by Gasteiger charge is -2.11. The normalized spacial score (nSPS) is 10.9. The zero-order valence-corrected chi connectivity index (χ0v) is 16.6. The number of carboxylic acids is 1. The summed E-state index contributed by atoms with van der Waals surface area (Å²) in [5.41, 5.74) is 3.63. The average molecular weight is 421 g/mol. The molecule has 0 saturated carbocycles. The highest BCUT2D eigenvalue weighted by molar-refractivity contribution is 6.14. The van der Waals surface area contributed by atoms with Gasteiger partial charge in [0.15, 0.2) is 0 Å². The quantitative estimate of drug-likeness (QED) is 0.418. The standard InChI is InChI=1S/C24H15N5O3/c30-23(15-5-7-18(27-12-15)19-8-6-16(13-28-19)24(31)32)29-20-11-14-3-1-9-25-21(14)22-17(20)4-2-10-26-22/h1-13H,(H,29,30)(H,31,32). The number of fused-ring (bicyclic) bond motifs is 3. The Morgan fingerprint density at radius 2 is 1.41 bits per heavy atom. The lowest BCUT2D eigenvalue weighted by atomic mass is 10.1. The molecule has 0 saturated heterocycles. The van der Waals surface area contributed by atoms with Crippen LogP contribution in [0, 0.1) is 0 Å². The minimum absolute atomic E-state index is 0.0945. The fourth-order valence-corrected chi connectivity index (χ4v) is 3.43. The van der Waals surface area contributed by atoms with Crippen molar-refractivity contribution in [1.82, 2.24) is 19.9 Å². The lowest BCUT2D eigenvalue weighted by Crippen LogP contribution is -2.12. The maximum absolute atomic E-state index is 12.9. The number of carbonyl (C=O) groups excluding carboxylic acids is 1. The van der Waals surface area contributed by atoms with Gasteiger partial charge in [0.05, 0.1) is 39.2 Å². The number of aromatic nitrogens is 4. The molecule has 0 fully saturated rings. The van der Waals surface area contributed by atoms with Gasteiger partial charge in [0.1, 0.15) is 0 Å². The smallest absolute Gasteiger partial charge is 0.337 e. The third kappa shape index (κ3) is 3.50. The van der Waals surface area contributed by atoms with E-state index in [1.807, 2.05) is 30.3 Å². The third-order valence-corrected chi connectivity index (χ3v) is 5.01. The molecule has 4 aromatic heterocycles. The Bertz CT molecular complexity index is 1480. The molecule has 0 spiro atoms. The molecular formula is C24H15N5O3. The summed E-state index contributed by atoms with van der Waals surface area (Å²) in [7, 11) is 0. The molecule has 5 aromatic rings.